The molecule has 2 amide bonds. The van der Waals surface area contributed by atoms with Gasteiger partial charge in [-0.2, -0.15) is 0 Å². The molecule has 1 aliphatic rings. The highest BCUT2D eigenvalue weighted by Gasteiger charge is 2.22. The van der Waals surface area contributed by atoms with E-state index in [0.29, 0.717) is 35.9 Å². The molecular weight excluding hydrogens is 429 g/mol. The van der Waals surface area contributed by atoms with Crippen molar-refractivity contribution in [3.8, 4) is 0 Å². The largest absolute Gasteiger partial charge is 0.353 e. The van der Waals surface area contributed by atoms with E-state index in [1.165, 1.54) is 12.1 Å². The lowest BCUT2D eigenvalue weighted by Crippen LogP contribution is -2.38. The number of anilines is 2. The van der Waals surface area contributed by atoms with Crippen LogP contribution in [0.15, 0.2) is 54.7 Å². The fourth-order valence-corrected chi connectivity index (χ4v) is 4.35. The number of nitrogens with one attached hydrogen (secondary N) is 1. The third-order valence-corrected chi connectivity index (χ3v) is 6.31. The van der Waals surface area contributed by atoms with E-state index >= 15 is 0 Å². The van der Waals surface area contributed by atoms with Crippen molar-refractivity contribution >= 4 is 45.7 Å². The summed E-state index contributed by atoms with van der Waals surface area (Å²) in [7, 11) is 0. The maximum Gasteiger partial charge on any atom is 0.321 e. The van der Waals surface area contributed by atoms with Crippen LogP contribution in [0.4, 0.5) is 20.7 Å². The van der Waals surface area contributed by atoms with Crippen LogP contribution in [-0.4, -0.2) is 46.5 Å². The lowest BCUT2D eigenvalue weighted by atomic mass is 10.2. The number of carbonyl (C=O) groups is 1. The number of aryl methyl sites for hydroxylation is 1. The SMILES string of the molecule is Cc1ccc(NC(=O)N2CCCN(c3nc4cc(F)ccc4n4cccc34)CC2)cc1Cl. The number of rotatable bonds is 2. The number of carbonyl (C=O) groups excluding carboxylic acids is 1. The second-order valence-electron chi connectivity index (χ2n) is 8.05. The highest BCUT2D eigenvalue weighted by Crippen LogP contribution is 2.27. The molecule has 1 N–H and O–H groups in total. The lowest BCUT2D eigenvalue weighted by Gasteiger charge is -2.24. The van der Waals surface area contributed by atoms with E-state index in [2.05, 4.69) is 10.2 Å². The maximum absolute atomic E-state index is 13.8. The molecule has 4 aromatic rings. The lowest BCUT2D eigenvalue weighted by molar-refractivity contribution is 0.215. The zero-order valence-electron chi connectivity index (χ0n) is 17.7. The van der Waals surface area contributed by atoms with Crippen LogP contribution in [0.25, 0.3) is 16.6 Å². The van der Waals surface area contributed by atoms with Crippen LogP contribution in [0.2, 0.25) is 5.02 Å². The molecule has 0 spiro atoms. The Bertz CT molecular complexity index is 1320. The summed E-state index contributed by atoms with van der Waals surface area (Å²) in [6.07, 6.45) is 2.77. The average molecular weight is 452 g/mol. The molecule has 0 bridgehead atoms. The Balaban J connectivity index is 1.37. The van der Waals surface area contributed by atoms with Crippen LogP contribution in [0.3, 0.4) is 0 Å². The summed E-state index contributed by atoms with van der Waals surface area (Å²) in [4.78, 5) is 21.6. The Labute approximate surface area is 190 Å². The van der Waals surface area contributed by atoms with E-state index in [-0.39, 0.29) is 11.8 Å². The first kappa shape index (κ1) is 20.6. The molecule has 0 radical (unpaired) electrons. The van der Waals surface area contributed by atoms with Gasteiger partial charge in [0.1, 0.15) is 5.82 Å². The fourth-order valence-electron chi connectivity index (χ4n) is 4.17. The molecule has 5 rings (SSSR count). The molecule has 0 aliphatic carbocycles. The molecule has 6 nitrogen and oxygen atoms in total. The van der Waals surface area contributed by atoms with Crippen LogP contribution >= 0.6 is 11.6 Å². The molecule has 1 fully saturated rings. The van der Waals surface area contributed by atoms with Crippen molar-refractivity contribution in [1.82, 2.24) is 14.3 Å². The summed E-state index contributed by atoms with van der Waals surface area (Å²) in [6.45, 7) is 4.52. The van der Waals surface area contributed by atoms with Crippen LogP contribution in [-0.2, 0) is 0 Å². The van der Waals surface area contributed by atoms with Gasteiger partial charge >= 0.3 is 6.03 Å². The van der Waals surface area contributed by atoms with Gasteiger partial charge in [-0.15, -0.1) is 0 Å². The summed E-state index contributed by atoms with van der Waals surface area (Å²) in [6, 6.07) is 14.0. The van der Waals surface area contributed by atoms with Gasteiger partial charge in [-0.1, -0.05) is 17.7 Å². The van der Waals surface area contributed by atoms with Gasteiger partial charge in [-0.05, 0) is 55.3 Å². The number of fused-ring (bicyclic) bond motifs is 3. The number of hydrogen-bond acceptors (Lipinski definition) is 3. The van der Waals surface area contributed by atoms with Gasteiger partial charge in [0.05, 0.1) is 16.6 Å². The first-order valence-electron chi connectivity index (χ1n) is 10.6. The van der Waals surface area contributed by atoms with Gasteiger partial charge in [-0.3, -0.25) is 0 Å². The zero-order chi connectivity index (χ0) is 22.2. The predicted molar refractivity (Wildman–Crippen MR) is 126 cm³/mol. The van der Waals surface area contributed by atoms with E-state index in [0.717, 1.165) is 35.4 Å². The van der Waals surface area contributed by atoms with E-state index < -0.39 is 0 Å². The Hall–Kier alpha value is -3.32. The Morgan fingerprint density at radius 2 is 1.94 bits per heavy atom. The van der Waals surface area contributed by atoms with Crippen LogP contribution in [0.1, 0.15) is 12.0 Å². The summed E-state index contributed by atoms with van der Waals surface area (Å²) in [5.74, 6) is 0.498. The molecular formula is C24H23ClFN5O. The van der Waals surface area contributed by atoms with Crippen LogP contribution in [0, 0.1) is 12.7 Å². The molecule has 2 aromatic carbocycles. The number of nitrogens with zero attached hydrogens (tertiary/aromatic N) is 4. The van der Waals surface area contributed by atoms with Gasteiger partial charge in [0, 0.05) is 49.2 Å². The summed E-state index contributed by atoms with van der Waals surface area (Å²) in [5.41, 5.74) is 4.09. The van der Waals surface area contributed by atoms with Gasteiger partial charge in [0.2, 0.25) is 0 Å². The molecule has 3 heterocycles. The highest BCUT2D eigenvalue weighted by atomic mass is 35.5. The third kappa shape index (κ3) is 3.84. The van der Waals surface area contributed by atoms with E-state index in [1.807, 2.05) is 46.7 Å². The molecule has 32 heavy (non-hydrogen) atoms. The molecule has 2 aromatic heterocycles. The molecule has 8 heteroatoms. The van der Waals surface area contributed by atoms with E-state index in [4.69, 9.17) is 16.6 Å². The van der Waals surface area contributed by atoms with Crippen molar-refractivity contribution in [3.05, 3.63) is 71.1 Å². The highest BCUT2D eigenvalue weighted by molar-refractivity contribution is 6.31. The summed E-state index contributed by atoms with van der Waals surface area (Å²) >= 11 is 6.18. The monoisotopic (exact) mass is 451 g/mol. The van der Waals surface area contributed by atoms with Crippen LogP contribution in [0.5, 0.6) is 0 Å². The van der Waals surface area contributed by atoms with Crippen molar-refractivity contribution < 1.29 is 9.18 Å². The standard InChI is InChI=1S/C24H23ClFN5O/c1-16-5-7-18(15-19(16)25)27-24(32)30-10-3-9-29(12-13-30)23-22-4-2-11-31(22)21-8-6-17(26)14-20(21)28-23/h2,4-8,11,14-15H,3,9-10,12-13H2,1H3,(H,27,32). The van der Waals surface area contributed by atoms with Crippen molar-refractivity contribution in [2.75, 3.05) is 36.4 Å². The van der Waals surface area contributed by atoms with Gasteiger partial charge in [0.15, 0.2) is 5.82 Å². The predicted octanol–water partition coefficient (Wildman–Crippen LogP) is 5.33. The van der Waals surface area contributed by atoms with Crippen molar-refractivity contribution in [2.24, 2.45) is 0 Å². The first-order valence-corrected chi connectivity index (χ1v) is 11.0. The molecule has 1 aliphatic heterocycles. The minimum Gasteiger partial charge on any atom is -0.353 e. The Morgan fingerprint density at radius 1 is 1.06 bits per heavy atom. The molecule has 0 saturated carbocycles. The third-order valence-electron chi connectivity index (χ3n) is 5.91. The Kier molecular flexibility index (Phi) is 5.35. The Morgan fingerprint density at radius 3 is 2.78 bits per heavy atom. The number of halogens is 2. The number of hydrogen-bond donors (Lipinski definition) is 1. The number of amides is 2. The average Bonchev–Trinajstić information content (AvgIpc) is 3.13. The zero-order valence-corrected chi connectivity index (χ0v) is 18.4. The van der Waals surface area contributed by atoms with Gasteiger partial charge in [0.25, 0.3) is 0 Å². The minimum atomic E-state index is -0.308. The van der Waals surface area contributed by atoms with E-state index in [1.54, 1.807) is 12.1 Å². The normalized spacial score (nSPS) is 14.7. The number of aromatic nitrogens is 2. The van der Waals surface area contributed by atoms with Crippen molar-refractivity contribution in [3.63, 3.8) is 0 Å². The second kappa shape index (κ2) is 8.31. The van der Waals surface area contributed by atoms with Gasteiger partial charge in [-0.25, -0.2) is 14.2 Å². The maximum atomic E-state index is 13.8. The minimum absolute atomic E-state index is 0.145. The quantitative estimate of drug-likeness (QED) is 0.448. The molecule has 164 valence electrons. The van der Waals surface area contributed by atoms with Crippen molar-refractivity contribution in [2.45, 2.75) is 13.3 Å². The first-order chi connectivity index (χ1) is 15.5. The summed E-state index contributed by atoms with van der Waals surface area (Å²) < 4.78 is 15.9. The van der Waals surface area contributed by atoms with Crippen molar-refractivity contribution in [1.29, 1.82) is 0 Å². The number of benzene rings is 2. The number of urea groups is 1. The summed E-state index contributed by atoms with van der Waals surface area (Å²) in [5, 5.41) is 3.57. The molecule has 1 saturated heterocycles. The van der Waals surface area contributed by atoms with Gasteiger partial charge < -0.3 is 19.5 Å². The fraction of sp³-hybridized carbons (Fsp3) is 0.250. The van der Waals surface area contributed by atoms with Crippen LogP contribution < -0.4 is 10.2 Å². The molecule has 0 unspecified atom stereocenters. The molecule has 0 atom stereocenters. The smallest absolute Gasteiger partial charge is 0.321 e. The topological polar surface area (TPSA) is 52.9 Å². The second-order valence-corrected chi connectivity index (χ2v) is 8.46. The van der Waals surface area contributed by atoms with E-state index in [9.17, 15) is 9.18 Å².